The van der Waals surface area contributed by atoms with Crippen LogP contribution in [0.15, 0.2) is 0 Å². The van der Waals surface area contributed by atoms with Crippen LogP contribution in [0.4, 0.5) is 17.6 Å². The van der Waals surface area contributed by atoms with Gasteiger partial charge in [0.05, 0.1) is 19.2 Å². The lowest BCUT2D eigenvalue weighted by Crippen LogP contribution is -2.21. The summed E-state index contributed by atoms with van der Waals surface area (Å²) in [5.41, 5.74) is 1.85. The van der Waals surface area contributed by atoms with E-state index in [2.05, 4.69) is 4.74 Å². The van der Waals surface area contributed by atoms with Crippen molar-refractivity contribution in [3.8, 4) is 0 Å². The molecule has 1 aromatic carbocycles. The number of halogens is 4. The molecule has 0 heterocycles. The highest BCUT2D eigenvalue weighted by Crippen LogP contribution is 2.25. The van der Waals surface area contributed by atoms with Gasteiger partial charge in [-0.2, -0.15) is 0 Å². The van der Waals surface area contributed by atoms with E-state index in [-0.39, 0.29) is 0 Å². The quantitative estimate of drug-likeness (QED) is 0.385. The van der Waals surface area contributed by atoms with Crippen LogP contribution in [0, 0.1) is 23.3 Å². The van der Waals surface area contributed by atoms with Gasteiger partial charge in [0.25, 0.3) is 0 Å². The fraction of sp³-hybridized carbons (Fsp3) is 0.200. The van der Waals surface area contributed by atoms with E-state index in [0.29, 0.717) is 0 Å². The number of esters is 1. The fourth-order valence-corrected chi connectivity index (χ4v) is 1.26. The summed E-state index contributed by atoms with van der Waals surface area (Å²) >= 11 is 0. The molecular formula is C10H7F4NO3. The van der Waals surface area contributed by atoms with Crippen LogP contribution < -0.4 is 5.73 Å². The van der Waals surface area contributed by atoms with E-state index in [1.54, 1.807) is 0 Å². The topological polar surface area (TPSA) is 69.4 Å². The minimum absolute atomic E-state index is 0.774. The Morgan fingerprint density at radius 2 is 1.39 bits per heavy atom. The second kappa shape index (κ2) is 5.13. The third kappa shape index (κ3) is 2.06. The van der Waals surface area contributed by atoms with E-state index >= 15 is 0 Å². The number of hydrogen-bond donors (Lipinski definition) is 1. The number of hydrogen-bond acceptors (Lipinski definition) is 4. The Balaban J connectivity index is 3.66. The maximum absolute atomic E-state index is 13.4. The molecule has 0 aliphatic carbocycles. The van der Waals surface area contributed by atoms with Crippen molar-refractivity contribution in [2.45, 2.75) is 0 Å². The number of methoxy groups -OCH3 is 1. The molecule has 0 spiro atoms. The van der Waals surface area contributed by atoms with Crippen molar-refractivity contribution >= 4 is 11.8 Å². The van der Waals surface area contributed by atoms with Crippen molar-refractivity contribution in [1.82, 2.24) is 0 Å². The first-order chi connectivity index (χ1) is 8.36. The summed E-state index contributed by atoms with van der Waals surface area (Å²) in [5, 5.41) is 0. The van der Waals surface area contributed by atoms with Gasteiger partial charge in [-0.1, -0.05) is 0 Å². The SMILES string of the molecule is COC(=O)c1c(F)c(F)c(C(=O)CN)c(F)c1F. The predicted molar refractivity (Wildman–Crippen MR) is 51.0 cm³/mol. The molecule has 0 aliphatic rings. The smallest absolute Gasteiger partial charge is 0.344 e. The Hall–Kier alpha value is -1.96. The number of carbonyl (C=O) groups excluding carboxylic acids is 2. The number of Topliss-reactive ketones (excluding diaryl/α,β-unsaturated/α-hetero) is 1. The molecule has 1 aromatic rings. The van der Waals surface area contributed by atoms with E-state index < -0.39 is 52.7 Å². The summed E-state index contributed by atoms with van der Waals surface area (Å²) in [6, 6.07) is 0. The van der Waals surface area contributed by atoms with E-state index in [9.17, 15) is 27.2 Å². The molecule has 1 rings (SSSR count). The lowest BCUT2D eigenvalue weighted by molar-refractivity contribution is 0.0586. The second-order valence-corrected chi connectivity index (χ2v) is 3.12. The van der Waals surface area contributed by atoms with Gasteiger partial charge >= 0.3 is 5.97 Å². The summed E-state index contributed by atoms with van der Waals surface area (Å²) < 4.78 is 57.4. The lowest BCUT2D eigenvalue weighted by Gasteiger charge is -2.09. The van der Waals surface area contributed by atoms with E-state index in [1.165, 1.54) is 0 Å². The van der Waals surface area contributed by atoms with Gasteiger partial charge < -0.3 is 10.5 Å². The average molecular weight is 265 g/mol. The number of ketones is 1. The first-order valence-corrected chi connectivity index (χ1v) is 4.54. The first kappa shape index (κ1) is 14.1. The van der Waals surface area contributed by atoms with E-state index in [0.717, 1.165) is 7.11 Å². The predicted octanol–water partition coefficient (Wildman–Crippen LogP) is 1.17. The zero-order chi connectivity index (χ0) is 14.0. The molecule has 98 valence electrons. The molecule has 0 atom stereocenters. The van der Waals surface area contributed by atoms with Gasteiger partial charge in [-0.15, -0.1) is 0 Å². The molecule has 8 heteroatoms. The van der Waals surface area contributed by atoms with Gasteiger partial charge in [-0.25, -0.2) is 22.4 Å². The highest BCUT2D eigenvalue weighted by molar-refractivity contribution is 5.99. The fourth-order valence-electron chi connectivity index (χ4n) is 1.26. The standard InChI is InChI=1S/C10H7F4NO3/c1-18-10(17)5-8(13)6(11)4(3(16)2-15)7(12)9(5)14/h2,15H2,1H3. The summed E-state index contributed by atoms with van der Waals surface area (Å²) in [6.07, 6.45) is 0. The van der Waals surface area contributed by atoms with Crippen LogP contribution in [0.2, 0.25) is 0 Å². The minimum Gasteiger partial charge on any atom is -0.465 e. The Morgan fingerprint density at radius 1 is 1.00 bits per heavy atom. The van der Waals surface area contributed by atoms with Gasteiger partial charge in [0.2, 0.25) is 0 Å². The van der Waals surface area contributed by atoms with Gasteiger partial charge in [0, 0.05) is 0 Å². The zero-order valence-corrected chi connectivity index (χ0v) is 9.02. The summed E-state index contributed by atoms with van der Waals surface area (Å²) in [5.74, 6) is -10.9. The Kier molecular flexibility index (Phi) is 4.02. The normalized spacial score (nSPS) is 10.3. The summed E-state index contributed by atoms with van der Waals surface area (Å²) in [7, 11) is 0.774. The molecule has 0 saturated heterocycles. The Bertz CT molecular complexity index is 454. The molecule has 18 heavy (non-hydrogen) atoms. The molecule has 0 radical (unpaired) electrons. The highest BCUT2D eigenvalue weighted by Gasteiger charge is 2.32. The molecule has 0 amide bonds. The van der Waals surface area contributed by atoms with Gasteiger partial charge in [0.15, 0.2) is 29.1 Å². The monoisotopic (exact) mass is 265 g/mol. The zero-order valence-electron chi connectivity index (χ0n) is 9.02. The Labute approximate surface area is 98.3 Å². The molecule has 0 saturated carbocycles. The molecular weight excluding hydrogens is 258 g/mol. The van der Waals surface area contributed by atoms with Crippen molar-refractivity contribution in [3.05, 3.63) is 34.4 Å². The van der Waals surface area contributed by atoms with Gasteiger partial charge in [0.1, 0.15) is 5.56 Å². The third-order valence-corrected chi connectivity index (χ3v) is 2.12. The van der Waals surface area contributed by atoms with Crippen LogP contribution in [-0.4, -0.2) is 25.4 Å². The summed E-state index contributed by atoms with van der Waals surface area (Å²) in [4.78, 5) is 22.0. The Morgan fingerprint density at radius 3 is 1.72 bits per heavy atom. The van der Waals surface area contributed by atoms with Crippen molar-refractivity contribution in [2.75, 3.05) is 13.7 Å². The van der Waals surface area contributed by atoms with Crippen molar-refractivity contribution in [1.29, 1.82) is 0 Å². The minimum atomic E-state index is -2.00. The van der Waals surface area contributed by atoms with Crippen molar-refractivity contribution < 1.29 is 31.9 Å². The maximum atomic E-state index is 13.4. The average Bonchev–Trinajstić information content (AvgIpc) is 2.36. The van der Waals surface area contributed by atoms with E-state index in [1.807, 2.05) is 0 Å². The van der Waals surface area contributed by atoms with Crippen molar-refractivity contribution in [3.63, 3.8) is 0 Å². The number of nitrogens with two attached hydrogens (primary N) is 1. The van der Waals surface area contributed by atoms with E-state index in [4.69, 9.17) is 5.73 Å². The molecule has 0 bridgehead atoms. The summed E-state index contributed by atoms with van der Waals surface area (Å²) in [6.45, 7) is -0.843. The molecule has 0 fully saturated rings. The number of benzene rings is 1. The molecule has 0 unspecified atom stereocenters. The lowest BCUT2D eigenvalue weighted by atomic mass is 10.0. The number of ether oxygens (including phenoxy) is 1. The van der Waals surface area contributed by atoms with Crippen LogP contribution in [0.25, 0.3) is 0 Å². The van der Waals surface area contributed by atoms with Crippen LogP contribution >= 0.6 is 0 Å². The van der Waals surface area contributed by atoms with Crippen LogP contribution in [-0.2, 0) is 4.74 Å². The maximum Gasteiger partial charge on any atom is 0.344 e. The molecule has 0 aliphatic heterocycles. The molecule has 4 nitrogen and oxygen atoms in total. The van der Waals surface area contributed by atoms with Gasteiger partial charge in [-0.05, 0) is 0 Å². The van der Waals surface area contributed by atoms with Crippen LogP contribution in [0.5, 0.6) is 0 Å². The third-order valence-electron chi connectivity index (χ3n) is 2.12. The van der Waals surface area contributed by atoms with Crippen LogP contribution in [0.1, 0.15) is 20.7 Å². The van der Waals surface area contributed by atoms with Crippen LogP contribution in [0.3, 0.4) is 0 Å². The largest absolute Gasteiger partial charge is 0.465 e. The molecule has 2 N–H and O–H groups in total. The number of rotatable bonds is 3. The first-order valence-electron chi connectivity index (χ1n) is 4.54. The van der Waals surface area contributed by atoms with Crippen molar-refractivity contribution in [2.24, 2.45) is 5.73 Å². The second-order valence-electron chi connectivity index (χ2n) is 3.12. The number of carbonyl (C=O) groups is 2. The van der Waals surface area contributed by atoms with Gasteiger partial charge in [-0.3, -0.25) is 4.79 Å². The highest BCUT2D eigenvalue weighted by atomic mass is 19.2. The molecule has 0 aromatic heterocycles.